The average Bonchev–Trinajstić information content (AvgIpc) is 3.06. The van der Waals surface area contributed by atoms with Crippen LogP contribution >= 0.6 is 0 Å². The van der Waals surface area contributed by atoms with Gasteiger partial charge in [0.2, 0.25) is 11.7 Å². The third-order valence-corrected chi connectivity index (χ3v) is 4.00. The van der Waals surface area contributed by atoms with Gasteiger partial charge in [-0.2, -0.15) is 18.2 Å². The van der Waals surface area contributed by atoms with Crippen LogP contribution in [-0.2, 0) is 22.3 Å². The van der Waals surface area contributed by atoms with Crippen molar-refractivity contribution in [3.8, 4) is 11.4 Å². The molecule has 0 bridgehead atoms. The Kier molecular flexibility index (Phi) is 5.05. The van der Waals surface area contributed by atoms with E-state index >= 15 is 0 Å². The van der Waals surface area contributed by atoms with E-state index in [-0.39, 0.29) is 36.0 Å². The molecule has 146 valence electrons. The van der Waals surface area contributed by atoms with Crippen molar-refractivity contribution in [2.24, 2.45) is 0 Å². The third-order valence-electron chi connectivity index (χ3n) is 4.00. The Labute approximate surface area is 151 Å². The van der Waals surface area contributed by atoms with Crippen LogP contribution in [0.4, 0.5) is 13.2 Å². The number of nitrogens with zero attached hydrogens (tertiary/aromatic N) is 4. The minimum Gasteiger partial charge on any atom is -0.372 e. The van der Waals surface area contributed by atoms with Gasteiger partial charge >= 0.3 is 12.1 Å². The summed E-state index contributed by atoms with van der Waals surface area (Å²) in [5.41, 5.74) is -0.495. The predicted octanol–water partition coefficient (Wildman–Crippen LogP) is 1.55. The van der Waals surface area contributed by atoms with E-state index < -0.39 is 17.6 Å². The van der Waals surface area contributed by atoms with Crippen molar-refractivity contribution in [1.82, 2.24) is 19.6 Å². The van der Waals surface area contributed by atoms with Gasteiger partial charge in [0.05, 0.1) is 12.2 Å². The molecule has 1 aliphatic heterocycles. The van der Waals surface area contributed by atoms with E-state index in [0.717, 1.165) is 6.07 Å². The van der Waals surface area contributed by atoms with Crippen molar-refractivity contribution >= 4 is 5.91 Å². The monoisotopic (exact) mass is 386 g/mol. The fourth-order valence-electron chi connectivity index (χ4n) is 2.86. The molecule has 0 N–H and O–H groups in total. The fraction of sp³-hybridized carbons (Fsp3) is 0.500. The maximum Gasteiger partial charge on any atom is 0.471 e. The van der Waals surface area contributed by atoms with Gasteiger partial charge in [-0.05, 0) is 19.9 Å². The highest BCUT2D eigenvalue weighted by molar-refractivity contribution is 5.76. The summed E-state index contributed by atoms with van der Waals surface area (Å²) in [7, 11) is 0. The zero-order valence-corrected chi connectivity index (χ0v) is 14.6. The second kappa shape index (κ2) is 7.14. The second-order valence-electron chi connectivity index (χ2n) is 6.36. The number of ether oxygens (including phenoxy) is 1. The van der Waals surface area contributed by atoms with Gasteiger partial charge in [-0.3, -0.25) is 9.59 Å². The lowest BCUT2D eigenvalue weighted by Gasteiger charge is -2.35. The van der Waals surface area contributed by atoms with Gasteiger partial charge in [0.1, 0.15) is 6.54 Å². The number of pyridine rings is 1. The molecule has 1 amide bonds. The smallest absolute Gasteiger partial charge is 0.372 e. The number of carbonyl (C=O) groups is 1. The summed E-state index contributed by atoms with van der Waals surface area (Å²) in [6, 6.07) is 2.41. The SMILES string of the molecule is C[C@H]1CN(C(=O)Cn2ccc(-c3noc(C(F)(F)F)n3)cc2=O)C[C@H](C)O1. The molecule has 0 aromatic carbocycles. The van der Waals surface area contributed by atoms with E-state index in [1.165, 1.54) is 16.8 Å². The number of halogens is 3. The van der Waals surface area contributed by atoms with Crippen LogP contribution in [0, 0.1) is 0 Å². The van der Waals surface area contributed by atoms with Crippen LogP contribution < -0.4 is 5.56 Å². The molecule has 11 heteroatoms. The molecule has 2 atom stereocenters. The Morgan fingerprint density at radius 3 is 2.52 bits per heavy atom. The number of hydrogen-bond acceptors (Lipinski definition) is 6. The van der Waals surface area contributed by atoms with Gasteiger partial charge in [0.25, 0.3) is 5.56 Å². The number of aromatic nitrogens is 3. The number of amides is 1. The molecule has 2 aromatic rings. The minimum absolute atomic E-state index is 0.0663. The molecule has 0 saturated carbocycles. The molecular weight excluding hydrogens is 369 g/mol. The van der Waals surface area contributed by atoms with Crippen LogP contribution in [0.3, 0.4) is 0 Å². The fourth-order valence-corrected chi connectivity index (χ4v) is 2.86. The topological polar surface area (TPSA) is 90.5 Å². The van der Waals surface area contributed by atoms with Crippen LogP contribution in [-0.4, -0.2) is 50.8 Å². The first kappa shape index (κ1) is 19.1. The number of carbonyl (C=O) groups excluding carboxylic acids is 1. The van der Waals surface area contributed by atoms with Crippen LogP contribution in [0.25, 0.3) is 11.4 Å². The quantitative estimate of drug-likeness (QED) is 0.795. The van der Waals surface area contributed by atoms with E-state index in [9.17, 15) is 22.8 Å². The van der Waals surface area contributed by atoms with Crippen molar-refractivity contribution < 1.29 is 27.2 Å². The molecule has 8 nitrogen and oxygen atoms in total. The second-order valence-corrected chi connectivity index (χ2v) is 6.36. The molecule has 0 radical (unpaired) electrons. The van der Waals surface area contributed by atoms with Crippen molar-refractivity contribution in [2.45, 2.75) is 38.8 Å². The van der Waals surface area contributed by atoms with Crippen LogP contribution in [0.5, 0.6) is 0 Å². The number of hydrogen-bond donors (Lipinski definition) is 0. The Bertz CT molecular complexity index is 882. The van der Waals surface area contributed by atoms with Crippen molar-refractivity contribution in [3.63, 3.8) is 0 Å². The van der Waals surface area contributed by atoms with Crippen LogP contribution in [0.15, 0.2) is 27.6 Å². The molecule has 1 fully saturated rings. The molecule has 0 aliphatic carbocycles. The molecule has 27 heavy (non-hydrogen) atoms. The Balaban J connectivity index is 1.74. The average molecular weight is 386 g/mol. The largest absolute Gasteiger partial charge is 0.471 e. The van der Waals surface area contributed by atoms with E-state index in [2.05, 4.69) is 14.7 Å². The maximum absolute atomic E-state index is 12.5. The van der Waals surface area contributed by atoms with E-state index in [1.54, 1.807) is 4.90 Å². The van der Waals surface area contributed by atoms with E-state index in [1.807, 2.05) is 13.8 Å². The van der Waals surface area contributed by atoms with Gasteiger partial charge in [0, 0.05) is 30.9 Å². The van der Waals surface area contributed by atoms with Crippen LogP contribution in [0.1, 0.15) is 19.7 Å². The van der Waals surface area contributed by atoms with Gasteiger partial charge < -0.3 is 18.7 Å². The van der Waals surface area contributed by atoms with Gasteiger partial charge in [-0.1, -0.05) is 5.16 Å². The first-order chi connectivity index (χ1) is 12.6. The summed E-state index contributed by atoms with van der Waals surface area (Å²) < 4.78 is 48.5. The molecule has 1 aliphatic rings. The molecule has 1 saturated heterocycles. The zero-order chi connectivity index (χ0) is 19.8. The normalized spacial score (nSPS) is 20.7. The van der Waals surface area contributed by atoms with Crippen molar-refractivity contribution in [2.75, 3.05) is 13.1 Å². The summed E-state index contributed by atoms with van der Waals surface area (Å²) in [5.74, 6) is -2.09. The molecule has 2 aromatic heterocycles. The summed E-state index contributed by atoms with van der Waals surface area (Å²) in [4.78, 5) is 29.5. The number of alkyl halides is 3. The van der Waals surface area contributed by atoms with E-state index in [4.69, 9.17) is 4.74 Å². The summed E-state index contributed by atoms with van der Waals surface area (Å²) in [6.07, 6.45) is -3.65. The predicted molar refractivity (Wildman–Crippen MR) is 85.6 cm³/mol. The highest BCUT2D eigenvalue weighted by Gasteiger charge is 2.38. The maximum atomic E-state index is 12.5. The Morgan fingerprint density at radius 1 is 1.30 bits per heavy atom. The molecule has 0 unspecified atom stereocenters. The lowest BCUT2D eigenvalue weighted by Crippen LogP contribution is -2.49. The number of rotatable bonds is 3. The highest BCUT2D eigenvalue weighted by Crippen LogP contribution is 2.29. The molecule has 3 heterocycles. The molecule has 0 spiro atoms. The molecule has 3 rings (SSSR count). The van der Waals surface area contributed by atoms with Crippen molar-refractivity contribution in [3.05, 3.63) is 34.6 Å². The summed E-state index contributed by atoms with van der Waals surface area (Å²) in [5, 5.41) is 3.23. The lowest BCUT2D eigenvalue weighted by atomic mass is 10.2. The summed E-state index contributed by atoms with van der Waals surface area (Å²) >= 11 is 0. The van der Waals surface area contributed by atoms with Crippen molar-refractivity contribution in [1.29, 1.82) is 0 Å². The third kappa shape index (κ3) is 4.35. The van der Waals surface area contributed by atoms with Crippen LogP contribution in [0.2, 0.25) is 0 Å². The lowest BCUT2D eigenvalue weighted by molar-refractivity contribution is -0.159. The minimum atomic E-state index is -4.76. The first-order valence-corrected chi connectivity index (χ1v) is 8.18. The standard InChI is InChI=1S/C16H17F3N4O4/c1-9-6-23(7-10(2)26-9)13(25)8-22-4-3-11(5-12(22)24)14-20-15(27-21-14)16(17,18)19/h3-5,9-10H,6-8H2,1-2H3/t9-,10-/m0/s1. The van der Waals surface area contributed by atoms with Gasteiger partial charge in [0.15, 0.2) is 0 Å². The Morgan fingerprint density at radius 2 is 1.96 bits per heavy atom. The molecular formula is C16H17F3N4O4. The highest BCUT2D eigenvalue weighted by atomic mass is 19.4. The Hall–Kier alpha value is -2.69. The summed E-state index contributed by atoms with van der Waals surface area (Å²) in [6.45, 7) is 4.39. The van der Waals surface area contributed by atoms with Gasteiger partial charge in [-0.25, -0.2) is 0 Å². The van der Waals surface area contributed by atoms with Gasteiger partial charge in [-0.15, -0.1) is 0 Å². The van der Waals surface area contributed by atoms with E-state index in [0.29, 0.717) is 13.1 Å². The first-order valence-electron chi connectivity index (χ1n) is 8.18. The number of morpholine rings is 1. The zero-order valence-electron chi connectivity index (χ0n) is 14.6.